The van der Waals surface area contributed by atoms with Gasteiger partial charge in [0.25, 0.3) is 10.2 Å². The molecular weight excluding hydrogens is 592 g/mol. The van der Waals surface area contributed by atoms with Crippen LogP contribution in [0.1, 0.15) is 50.9 Å². The van der Waals surface area contributed by atoms with E-state index >= 15 is 0 Å². The Morgan fingerprint density at radius 2 is 1.57 bits per heavy atom. The molecule has 0 saturated carbocycles. The van der Waals surface area contributed by atoms with Crippen LogP contribution in [0.4, 0.5) is 5.69 Å². The fourth-order valence-corrected chi connectivity index (χ4v) is 3.55. The highest BCUT2D eigenvalue weighted by molar-refractivity contribution is 5.99. The number of hydrogen-bond acceptors (Lipinski definition) is 14. The summed E-state index contributed by atoms with van der Waals surface area (Å²) in [6.07, 6.45) is -0.146. The van der Waals surface area contributed by atoms with Gasteiger partial charge in [-0.3, -0.25) is 14.4 Å². The molecule has 0 spiro atoms. The lowest BCUT2D eigenvalue weighted by Crippen LogP contribution is -2.47. The third kappa shape index (κ3) is 15.6. The number of nitrogens with zero attached hydrogens (tertiary/aromatic N) is 3. The second kappa shape index (κ2) is 20.3. The predicted molar refractivity (Wildman–Crippen MR) is 150 cm³/mol. The van der Waals surface area contributed by atoms with Crippen LogP contribution in [-0.2, 0) is 38.3 Å². The van der Waals surface area contributed by atoms with E-state index in [0.717, 1.165) is 0 Å². The highest BCUT2D eigenvalue weighted by Gasteiger charge is 2.26. The van der Waals surface area contributed by atoms with Crippen molar-refractivity contribution < 1.29 is 58.0 Å². The molecule has 0 fully saturated rings. The molecule has 1 atom stereocenters. The zero-order valence-corrected chi connectivity index (χ0v) is 25.0. The lowest BCUT2D eigenvalue weighted by Gasteiger charge is -2.31. The van der Waals surface area contributed by atoms with Crippen LogP contribution in [0.15, 0.2) is 18.2 Å². The number of hydrogen-bond donors (Lipinski definition) is 1. The normalized spacial score (nSPS) is 11.3. The largest absolute Gasteiger partial charge is 0.489 e. The molecule has 1 rings (SSSR count). The van der Waals surface area contributed by atoms with Gasteiger partial charge in [-0.25, -0.2) is 4.79 Å². The van der Waals surface area contributed by atoms with Gasteiger partial charge in [-0.1, -0.05) is 6.92 Å². The van der Waals surface area contributed by atoms with Gasteiger partial charge in [0.05, 0.1) is 25.3 Å². The summed E-state index contributed by atoms with van der Waals surface area (Å²) in [6, 6.07) is 4.07. The summed E-state index contributed by atoms with van der Waals surface area (Å²) in [5.74, 6) is -1.83. The monoisotopic (exact) mass is 630 g/mol. The van der Waals surface area contributed by atoms with Gasteiger partial charge in [-0.05, 0) is 45.4 Å². The summed E-state index contributed by atoms with van der Waals surface area (Å²) < 4.78 is 21.5. The van der Waals surface area contributed by atoms with Crippen molar-refractivity contribution in [2.45, 2.75) is 52.7 Å². The zero-order chi connectivity index (χ0) is 33.1. The van der Waals surface area contributed by atoms with Crippen molar-refractivity contribution >= 4 is 29.3 Å². The smallest absolute Gasteiger partial charge is 0.332 e. The fourth-order valence-electron chi connectivity index (χ4n) is 3.55. The van der Waals surface area contributed by atoms with Crippen LogP contribution in [0.5, 0.6) is 5.75 Å². The molecule has 1 aromatic rings. The maximum absolute atomic E-state index is 12.9. The average Bonchev–Trinajstić information content (AvgIpc) is 2.93. The Bertz CT molecular complexity index is 1130. The first-order valence-electron chi connectivity index (χ1n) is 13.6. The van der Waals surface area contributed by atoms with E-state index in [1.54, 1.807) is 19.9 Å². The van der Waals surface area contributed by atoms with E-state index in [1.807, 2.05) is 6.92 Å². The molecule has 246 valence electrons. The summed E-state index contributed by atoms with van der Waals surface area (Å²) >= 11 is 0. The molecule has 0 aliphatic rings. The van der Waals surface area contributed by atoms with Crippen LogP contribution in [0.25, 0.3) is 0 Å². The van der Waals surface area contributed by atoms with Gasteiger partial charge in [0.15, 0.2) is 11.9 Å². The lowest BCUT2D eigenvalue weighted by atomic mass is 10.1. The number of anilines is 1. The summed E-state index contributed by atoms with van der Waals surface area (Å²) in [4.78, 5) is 79.7. The topological polar surface area (TPSA) is 225 Å². The molecule has 0 aliphatic carbocycles. The highest BCUT2D eigenvalue weighted by Crippen LogP contribution is 2.24. The molecule has 0 radical (unpaired) electrons. The van der Waals surface area contributed by atoms with Crippen LogP contribution in [0, 0.1) is 20.2 Å². The molecule has 18 heteroatoms. The van der Waals surface area contributed by atoms with Crippen LogP contribution >= 0.6 is 0 Å². The Kier molecular flexibility index (Phi) is 17.3. The number of ether oxygens (including phenoxy) is 4. The van der Waals surface area contributed by atoms with Crippen molar-refractivity contribution in [2.24, 2.45) is 0 Å². The van der Waals surface area contributed by atoms with Crippen molar-refractivity contribution in [3.63, 3.8) is 0 Å². The molecule has 1 N–H and O–H groups in total. The third-order valence-electron chi connectivity index (χ3n) is 5.48. The maximum Gasteiger partial charge on any atom is 0.332 e. The van der Waals surface area contributed by atoms with Gasteiger partial charge < -0.3 is 38.8 Å². The van der Waals surface area contributed by atoms with Gasteiger partial charge in [0.2, 0.25) is 11.8 Å². The molecule has 2 amide bonds. The van der Waals surface area contributed by atoms with E-state index < -0.39 is 54.0 Å². The van der Waals surface area contributed by atoms with Gasteiger partial charge in [-0.15, -0.1) is 20.2 Å². The number of carbonyl (C=O) groups is 4. The molecule has 18 nitrogen and oxygen atoms in total. The summed E-state index contributed by atoms with van der Waals surface area (Å²) in [6.45, 7) is 3.78. The van der Waals surface area contributed by atoms with Crippen LogP contribution in [0.3, 0.4) is 0 Å². The highest BCUT2D eigenvalue weighted by atomic mass is 17.0. The fraction of sp³-hybridized carbons (Fsp3) is 0.615. The van der Waals surface area contributed by atoms with Gasteiger partial charge in [-0.2, -0.15) is 0 Å². The molecule has 0 bridgehead atoms. The lowest BCUT2D eigenvalue weighted by molar-refractivity contribution is -0.758. The Morgan fingerprint density at radius 1 is 0.955 bits per heavy atom. The van der Waals surface area contributed by atoms with Crippen molar-refractivity contribution in [1.82, 2.24) is 4.90 Å². The van der Waals surface area contributed by atoms with E-state index in [-0.39, 0.29) is 56.0 Å². The number of amides is 2. The number of carbonyl (C=O) groups excluding carboxylic acids is 4. The Labute approximate surface area is 253 Å². The molecule has 1 aromatic carbocycles. The molecule has 0 aliphatic heterocycles. The number of ketones is 1. The zero-order valence-electron chi connectivity index (χ0n) is 25.0. The number of nitrogens with one attached hydrogen (secondary N) is 1. The summed E-state index contributed by atoms with van der Waals surface area (Å²) in [5, 5.41) is 21.2. The number of Topliss-reactive ketones (excluding diaryl/α,β-unsaturated/α-hetero) is 1. The predicted octanol–water partition coefficient (Wildman–Crippen LogP) is 1.61. The average molecular weight is 631 g/mol. The summed E-state index contributed by atoms with van der Waals surface area (Å²) in [5.41, 5.74) is 0.544. The first kappa shape index (κ1) is 37.4. The quantitative estimate of drug-likeness (QED) is 0.0596. The van der Waals surface area contributed by atoms with Crippen molar-refractivity contribution in [3.8, 4) is 5.75 Å². The van der Waals surface area contributed by atoms with E-state index in [1.165, 1.54) is 24.0 Å². The van der Waals surface area contributed by atoms with E-state index in [9.17, 15) is 39.4 Å². The number of esters is 1. The van der Waals surface area contributed by atoms with Crippen LogP contribution in [-0.4, -0.2) is 104 Å². The van der Waals surface area contributed by atoms with Gasteiger partial charge in [0, 0.05) is 18.2 Å². The first-order valence-corrected chi connectivity index (χ1v) is 13.6. The number of benzene rings is 1. The first-order chi connectivity index (χ1) is 20.8. The van der Waals surface area contributed by atoms with Crippen LogP contribution in [0.2, 0.25) is 0 Å². The van der Waals surface area contributed by atoms with E-state index in [2.05, 4.69) is 15.0 Å². The second-order valence-electron chi connectivity index (χ2n) is 9.35. The minimum Gasteiger partial charge on any atom is -0.489 e. The maximum atomic E-state index is 12.9. The molecular formula is C26H38N4O14. The van der Waals surface area contributed by atoms with E-state index in [0.29, 0.717) is 18.5 Å². The molecule has 0 saturated heterocycles. The number of rotatable bonds is 23. The van der Waals surface area contributed by atoms with Crippen molar-refractivity contribution in [3.05, 3.63) is 44.0 Å². The Balaban J connectivity index is 3.02. The Hall–Kier alpha value is -4.58. The second-order valence-corrected chi connectivity index (χ2v) is 9.35. The molecule has 44 heavy (non-hydrogen) atoms. The standard InChI is InChI=1S/C26H38N4O14/c1-5-6-24(32)27-20-7-8-23(22(13-20)19(4)31)41-15-21(44-26(34)17-40-10-12-43-30(37)38)14-28(18(2)3)25(33)16-39-9-11-42-29(35)36/h7-8,13,18,21H,5-6,9-12,14-17H2,1-4H3,(H,27,32). The van der Waals surface area contributed by atoms with Crippen LogP contribution < -0.4 is 10.1 Å². The molecule has 0 aromatic heterocycles. The summed E-state index contributed by atoms with van der Waals surface area (Å²) in [7, 11) is 0. The minimum absolute atomic E-state index is 0.136. The Morgan fingerprint density at radius 3 is 2.11 bits per heavy atom. The van der Waals surface area contributed by atoms with Crippen molar-refractivity contribution in [1.29, 1.82) is 0 Å². The van der Waals surface area contributed by atoms with Gasteiger partial charge in [0.1, 0.15) is 38.8 Å². The SMILES string of the molecule is CCCC(=O)Nc1ccc(OCC(CN(C(=O)COCCO[N+](=O)[O-])C(C)C)OC(=O)COCCO[N+](=O)[O-])c(C(C)=O)c1. The van der Waals surface area contributed by atoms with E-state index in [4.69, 9.17) is 18.9 Å². The molecule has 0 heterocycles. The van der Waals surface area contributed by atoms with Gasteiger partial charge >= 0.3 is 5.97 Å². The van der Waals surface area contributed by atoms with Crippen molar-refractivity contribution in [2.75, 3.05) is 58.1 Å². The molecule has 1 unspecified atom stereocenters. The minimum atomic E-state index is -1.09. The third-order valence-corrected chi connectivity index (χ3v) is 5.48.